The second kappa shape index (κ2) is 6.50. The van der Waals surface area contributed by atoms with E-state index in [0.717, 1.165) is 11.8 Å². The number of hydrogen-bond acceptors (Lipinski definition) is 3. The van der Waals surface area contributed by atoms with Crippen LogP contribution in [0.4, 0.5) is 0 Å². The van der Waals surface area contributed by atoms with Crippen LogP contribution in [0.15, 0.2) is 11.7 Å². The summed E-state index contributed by atoms with van der Waals surface area (Å²) < 4.78 is 0. The van der Waals surface area contributed by atoms with E-state index in [1.807, 2.05) is 11.7 Å². The van der Waals surface area contributed by atoms with Crippen LogP contribution in [0, 0.1) is 11.8 Å². The maximum Gasteiger partial charge on any atom is 0.0794 e. The van der Waals surface area contributed by atoms with Gasteiger partial charge in [-0.3, -0.25) is 4.98 Å². The molecular formula is C14H24N2S. The number of nitrogens with zero attached hydrogens (tertiary/aromatic N) is 1. The van der Waals surface area contributed by atoms with Gasteiger partial charge in [0, 0.05) is 17.1 Å². The fourth-order valence-corrected chi connectivity index (χ4v) is 3.93. The largest absolute Gasteiger partial charge is 0.317 e. The van der Waals surface area contributed by atoms with Gasteiger partial charge in [0.05, 0.1) is 5.51 Å². The highest BCUT2D eigenvalue weighted by Gasteiger charge is 2.29. The Bertz CT molecular complexity index is 310. The van der Waals surface area contributed by atoms with Crippen LogP contribution in [-0.2, 0) is 6.42 Å². The topological polar surface area (TPSA) is 24.9 Å². The van der Waals surface area contributed by atoms with Gasteiger partial charge < -0.3 is 5.32 Å². The molecule has 0 amide bonds. The quantitative estimate of drug-likeness (QED) is 0.867. The van der Waals surface area contributed by atoms with E-state index in [4.69, 9.17) is 0 Å². The second-order valence-electron chi connectivity index (χ2n) is 5.29. The van der Waals surface area contributed by atoms with Gasteiger partial charge in [0.1, 0.15) is 0 Å². The zero-order chi connectivity index (χ0) is 12.1. The molecule has 1 N–H and O–H groups in total. The highest BCUT2D eigenvalue weighted by molar-refractivity contribution is 7.09. The lowest BCUT2D eigenvalue weighted by molar-refractivity contribution is 0.201. The van der Waals surface area contributed by atoms with Crippen LogP contribution in [0.3, 0.4) is 0 Å². The van der Waals surface area contributed by atoms with Crippen molar-refractivity contribution in [2.75, 3.05) is 7.05 Å². The average Bonchev–Trinajstić information content (AvgIpc) is 2.83. The number of thiazole rings is 1. The molecule has 1 aliphatic rings. The highest BCUT2D eigenvalue weighted by Crippen LogP contribution is 2.34. The molecular weight excluding hydrogens is 228 g/mol. The zero-order valence-electron chi connectivity index (χ0n) is 11.0. The highest BCUT2D eigenvalue weighted by atomic mass is 32.1. The van der Waals surface area contributed by atoms with Crippen LogP contribution in [0.5, 0.6) is 0 Å². The third-order valence-corrected chi connectivity index (χ3v) is 4.91. The molecule has 2 nitrogen and oxygen atoms in total. The van der Waals surface area contributed by atoms with Crippen LogP contribution >= 0.6 is 11.3 Å². The second-order valence-corrected chi connectivity index (χ2v) is 6.27. The molecule has 1 saturated carbocycles. The van der Waals surface area contributed by atoms with E-state index in [2.05, 4.69) is 24.3 Å². The minimum Gasteiger partial charge on any atom is -0.317 e. The molecule has 1 fully saturated rings. The normalized spacial score (nSPS) is 29.4. The fourth-order valence-electron chi connectivity index (χ4n) is 3.24. The number of hydrogen-bond donors (Lipinski definition) is 1. The van der Waals surface area contributed by atoms with Crippen LogP contribution in [0.2, 0.25) is 0 Å². The van der Waals surface area contributed by atoms with Gasteiger partial charge in [-0.2, -0.15) is 0 Å². The van der Waals surface area contributed by atoms with Crippen LogP contribution in [-0.4, -0.2) is 18.1 Å². The molecule has 1 aromatic rings. The first-order valence-electron chi connectivity index (χ1n) is 6.88. The molecule has 2 rings (SSSR count). The predicted octanol–water partition coefficient (Wildman–Crippen LogP) is 3.49. The predicted molar refractivity (Wildman–Crippen MR) is 74.4 cm³/mol. The van der Waals surface area contributed by atoms with Crippen molar-refractivity contribution in [2.24, 2.45) is 11.8 Å². The van der Waals surface area contributed by atoms with Crippen molar-refractivity contribution >= 4 is 11.3 Å². The van der Waals surface area contributed by atoms with Gasteiger partial charge in [-0.1, -0.05) is 19.8 Å². The van der Waals surface area contributed by atoms with E-state index in [1.165, 1.54) is 43.4 Å². The zero-order valence-corrected chi connectivity index (χ0v) is 11.8. The van der Waals surface area contributed by atoms with Crippen LogP contribution < -0.4 is 5.32 Å². The van der Waals surface area contributed by atoms with E-state index in [1.54, 1.807) is 11.3 Å². The van der Waals surface area contributed by atoms with Crippen molar-refractivity contribution in [1.29, 1.82) is 0 Å². The minimum atomic E-state index is 0.713. The monoisotopic (exact) mass is 252 g/mol. The Hall–Kier alpha value is -0.410. The summed E-state index contributed by atoms with van der Waals surface area (Å²) >= 11 is 1.80. The van der Waals surface area contributed by atoms with E-state index in [9.17, 15) is 0 Å². The summed E-state index contributed by atoms with van der Waals surface area (Å²) in [5.74, 6) is 1.77. The molecule has 0 aromatic carbocycles. The first-order valence-corrected chi connectivity index (χ1v) is 7.76. The molecule has 1 aliphatic carbocycles. The molecule has 0 spiro atoms. The Morgan fingerprint density at radius 1 is 1.47 bits per heavy atom. The number of nitrogens with one attached hydrogen (secondary N) is 1. The Morgan fingerprint density at radius 3 is 3.00 bits per heavy atom. The maximum atomic E-state index is 4.19. The molecule has 3 unspecified atom stereocenters. The lowest BCUT2D eigenvalue weighted by Crippen LogP contribution is -2.39. The molecule has 0 radical (unpaired) electrons. The van der Waals surface area contributed by atoms with Gasteiger partial charge in [-0.05, 0) is 44.6 Å². The molecule has 0 bridgehead atoms. The van der Waals surface area contributed by atoms with Crippen molar-refractivity contribution in [3.63, 3.8) is 0 Å². The van der Waals surface area contributed by atoms with Gasteiger partial charge in [-0.15, -0.1) is 11.3 Å². The van der Waals surface area contributed by atoms with Crippen molar-refractivity contribution in [3.05, 3.63) is 16.6 Å². The summed E-state index contributed by atoms with van der Waals surface area (Å²) in [6.07, 6.45) is 10.2. The number of rotatable bonds is 5. The molecule has 3 atom stereocenters. The summed E-state index contributed by atoms with van der Waals surface area (Å²) in [6, 6.07) is 0.713. The SMILES string of the molecule is CCCC1CCC(NC)C(Cc2cncs2)C1. The Kier molecular flexibility index (Phi) is 4.99. The van der Waals surface area contributed by atoms with Gasteiger partial charge in [0.2, 0.25) is 0 Å². The molecule has 3 heteroatoms. The number of aromatic nitrogens is 1. The minimum absolute atomic E-state index is 0.713. The lowest BCUT2D eigenvalue weighted by atomic mass is 9.75. The molecule has 0 saturated heterocycles. The first kappa shape index (κ1) is 13.0. The van der Waals surface area contributed by atoms with E-state index in [0.29, 0.717) is 6.04 Å². The average molecular weight is 252 g/mol. The first-order chi connectivity index (χ1) is 8.33. The lowest BCUT2D eigenvalue weighted by Gasteiger charge is -2.36. The van der Waals surface area contributed by atoms with Crippen LogP contribution in [0.1, 0.15) is 43.9 Å². The maximum absolute atomic E-state index is 4.19. The molecule has 1 heterocycles. The van der Waals surface area contributed by atoms with Gasteiger partial charge in [-0.25, -0.2) is 0 Å². The summed E-state index contributed by atoms with van der Waals surface area (Å²) in [4.78, 5) is 5.64. The third kappa shape index (κ3) is 3.52. The molecule has 17 heavy (non-hydrogen) atoms. The van der Waals surface area contributed by atoms with Crippen molar-refractivity contribution < 1.29 is 0 Å². The summed E-state index contributed by atoms with van der Waals surface area (Å²) in [6.45, 7) is 2.31. The smallest absolute Gasteiger partial charge is 0.0794 e. The van der Waals surface area contributed by atoms with Crippen molar-refractivity contribution in [3.8, 4) is 0 Å². The van der Waals surface area contributed by atoms with E-state index < -0.39 is 0 Å². The third-order valence-electron chi connectivity index (χ3n) is 4.11. The Morgan fingerprint density at radius 2 is 2.35 bits per heavy atom. The van der Waals surface area contributed by atoms with Crippen molar-refractivity contribution in [2.45, 2.75) is 51.5 Å². The van der Waals surface area contributed by atoms with Gasteiger partial charge in [0.25, 0.3) is 0 Å². The molecule has 0 aliphatic heterocycles. The van der Waals surface area contributed by atoms with Crippen LogP contribution in [0.25, 0.3) is 0 Å². The fraction of sp³-hybridized carbons (Fsp3) is 0.786. The summed E-state index contributed by atoms with van der Waals surface area (Å²) in [5, 5.41) is 3.51. The Balaban J connectivity index is 1.94. The molecule has 96 valence electrons. The van der Waals surface area contributed by atoms with E-state index in [-0.39, 0.29) is 0 Å². The summed E-state index contributed by atoms with van der Waals surface area (Å²) in [7, 11) is 2.12. The summed E-state index contributed by atoms with van der Waals surface area (Å²) in [5.41, 5.74) is 1.95. The molecule has 1 aromatic heterocycles. The van der Waals surface area contributed by atoms with E-state index >= 15 is 0 Å². The Labute approximate surface area is 109 Å². The van der Waals surface area contributed by atoms with Gasteiger partial charge in [0.15, 0.2) is 0 Å². The van der Waals surface area contributed by atoms with Gasteiger partial charge >= 0.3 is 0 Å². The standard InChI is InChI=1S/C14H24N2S/c1-3-4-11-5-6-14(15-2)12(7-11)8-13-9-16-10-17-13/h9-12,14-15H,3-8H2,1-2H3. The van der Waals surface area contributed by atoms with Crippen molar-refractivity contribution in [1.82, 2.24) is 10.3 Å².